The van der Waals surface area contributed by atoms with Gasteiger partial charge in [-0.3, -0.25) is 9.59 Å². The molecular weight excluding hydrogens is 332 g/mol. The quantitative estimate of drug-likeness (QED) is 0.772. The highest BCUT2D eigenvalue weighted by Crippen LogP contribution is 2.28. The molecule has 1 aromatic rings. The van der Waals surface area contributed by atoms with Crippen LogP contribution >= 0.6 is 0 Å². The molecule has 0 atom stereocenters. The molecule has 1 aromatic carbocycles. The zero-order valence-electron chi connectivity index (χ0n) is 16.0. The third-order valence-electron chi connectivity index (χ3n) is 4.88. The largest absolute Gasteiger partial charge is 0.493 e. The topological polar surface area (TPSA) is 67.9 Å². The molecule has 144 valence electrons. The Morgan fingerprint density at radius 3 is 2.46 bits per heavy atom. The van der Waals surface area contributed by atoms with Crippen molar-refractivity contribution < 1.29 is 19.1 Å². The van der Waals surface area contributed by atoms with E-state index in [1.54, 1.807) is 32.4 Å². The predicted octanol–water partition coefficient (Wildman–Crippen LogP) is 2.86. The van der Waals surface area contributed by atoms with Crippen LogP contribution in [0.15, 0.2) is 18.2 Å². The normalized spacial score (nSPS) is 14.8. The number of ether oxygens (including phenoxy) is 2. The van der Waals surface area contributed by atoms with E-state index in [9.17, 15) is 9.59 Å². The molecule has 0 aliphatic carbocycles. The van der Waals surface area contributed by atoms with Crippen molar-refractivity contribution in [3.05, 3.63) is 23.8 Å². The van der Waals surface area contributed by atoms with Gasteiger partial charge in [0.15, 0.2) is 11.5 Å². The maximum absolute atomic E-state index is 12.7. The number of benzene rings is 1. The monoisotopic (exact) mass is 362 g/mol. The van der Waals surface area contributed by atoms with Gasteiger partial charge in [-0.2, -0.15) is 0 Å². The van der Waals surface area contributed by atoms with Gasteiger partial charge < -0.3 is 19.7 Å². The summed E-state index contributed by atoms with van der Waals surface area (Å²) in [4.78, 5) is 26.3. The fourth-order valence-corrected chi connectivity index (χ4v) is 3.18. The summed E-state index contributed by atoms with van der Waals surface area (Å²) in [6.07, 6.45) is 4.39. The molecule has 2 amide bonds. The van der Waals surface area contributed by atoms with Crippen LogP contribution < -0.4 is 14.8 Å². The number of hydrogen-bond acceptors (Lipinski definition) is 4. The van der Waals surface area contributed by atoms with E-state index in [1.807, 2.05) is 4.90 Å². The van der Waals surface area contributed by atoms with E-state index in [4.69, 9.17) is 9.47 Å². The summed E-state index contributed by atoms with van der Waals surface area (Å²) in [5.41, 5.74) is 0.606. The number of likely N-dealkylation sites (tertiary alicyclic amines) is 1. The van der Waals surface area contributed by atoms with E-state index in [0.717, 1.165) is 25.7 Å². The smallest absolute Gasteiger partial charge is 0.253 e. The second-order valence-electron chi connectivity index (χ2n) is 6.71. The number of unbranched alkanes of at least 4 members (excludes halogenated alkanes) is 1. The number of nitrogens with zero attached hydrogens (tertiary/aromatic N) is 1. The van der Waals surface area contributed by atoms with Gasteiger partial charge in [-0.1, -0.05) is 13.3 Å². The van der Waals surface area contributed by atoms with E-state index in [0.29, 0.717) is 49.0 Å². The fraction of sp³-hybridized carbons (Fsp3) is 0.600. The van der Waals surface area contributed by atoms with Crippen LogP contribution in [0.2, 0.25) is 0 Å². The number of piperidine rings is 1. The Kier molecular flexibility index (Phi) is 7.75. The number of rotatable bonds is 8. The maximum atomic E-state index is 12.7. The molecule has 0 spiro atoms. The minimum Gasteiger partial charge on any atom is -0.493 e. The molecule has 1 heterocycles. The van der Waals surface area contributed by atoms with Crippen molar-refractivity contribution in [2.45, 2.75) is 39.0 Å². The predicted molar refractivity (Wildman–Crippen MR) is 101 cm³/mol. The Labute approximate surface area is 155 Å². The lowest BCUT2D eigenvalue weighted by molar-refractivity contribution is -0.121. The highest BCUT2D eigenvalue weighted by molar-refractivity contribution is 5.95. The Morgan fingerprint density at radius 1 is 1.15 bits per heavy atom. The van der Waals surface area contributed by atoms with Gasteiger partial charge in [-0.15, -0.1) is 0 Å². The minimum absolute atomic E-state index is 0.0105. The van der Waals surface area contributed by atoms with Crippen molar-refractivity contribution in [2.75, 3.05) is 33.9 Å². The first-order valence-electron chi connectivity index (χ1n) is 9.37. The SMILES string of the molecule is CCCCC(=O)NCC1CCN(C(=O)c2ccc(OC)c(OC)c2)CC1. The molecule has 6 heteroatoms. The van der Waals surface area contributed by atoms with Gasteiger partial charge in [-0.25, -0.2) is 0 Å². The average Bonchev–Trinajstić information content (AvgIpc) is 2.69. The van der Waals surface area contributed by atoms with E-state index >= 15 is 0 Å². The third-order valence-corrected chi connectivity index (χ3v) is 4.88. The Bertz CT molecular complexity index is 610. The highest BCUT2D eigenvalue weighted by atomic mass is 16.5. The van der Waals surface area contributed by atoms with Crippen molar-refractivity contribution in [1.29, 1.82) is 0 Å². The first kappa shape index (κ1) is 20.1. The molecular formula is C20H30N2O4. The number of nitrogens with one attached hydrogen (secondary N) is 1. The van der Waals surface area contributed by atoms with E-state index in [-0.39, 0.29) is 11.8 Å². The number of amides is 2. The molecule has 2 rings (SSSR count). The van der Waals surface area contributed by atoms with Gasteiger partial charge >= 0.3 is 0 Å². The van der Waals surface area contributed by atoms with Crippen LogP contribution in [0, 0.1) is 5.92 Å². The molecule has 1 N–H and O–H groups in total. The molecule has 0 saturated carbocycles. The Hall–Kier alpha value is -2.24. The van der Waals surface area contributed by atoms with E-state index < -0.39 is 0 Å². The van der Waals surface area contributed by atoms with Crippen molar-refractivity contribution in [3.8, 4) is 11.5 Å². The molecule has 1 aliphatic heterocycles. The van der Waals surface area contributed by atoms with Gasteiger partial charge in [0, 0.05) is 31.6 Å². The van der Waals surface area contributed by atoms with Gasteiger partial charge in [0.25, 0.3) is 5.91 Å². The first-order chi connectivity index (χ1) is 12.6. The number of carbonyl (C=O) groups is 2. The van der Waals surface area contributed by atoms with Crippen LogP contribution in [0.5, 0.6) is 11.5 Å². The molecule has 6 nitrogen and oxygen atoms in total. The highest BCUT2D eigenvalue weighted by Gasteiger charge is 2.24. The van der Waals surface area contributed by atoms with Crippen molar-refractivity contribution >= 4 is 11.8 Å². The molecule has 1 saturated heterocycles. The zero-order chi connectivity index (χ0) is 18.9. The summed E-state index contributed by atoms with van der Waals surface area (Å²) < 4.78 is 10.5. The number of methoxy groups -OCH3 is 2. The molecule has 0 aromatic heterocycles. The lowest BCUT2D eigenvalue weighted by atomic mass is 9.96. The second kappa shape index (κ2) is 10.0. The van der Waals surface area contributed by atoms with Gasteiger partial charge in [0.05, 0.1) is 14.2 Å². The van der Waals surface area contributed by atoms with Crippen LogP contribution in [0.3, 0.4) is 0 Å². The van der Waals surface area contributed by atoms with Crippen LogP contribution in [-0.4, -0.2) is 50.6 Å². The lowest BCUT2D eigenvalue weighted by Crippen LogP contribution is -2.41. The maximum Gasteiger partial charge on any atom is 0.253 e. The summed E-state index contributed by atoms with van der Waals surface area (Å²) in [6, 6.07) is 5.25. The van der Waals surface area contributed by atoms with Gasteiger partial charge in [0.2, 0.25) is 5.91 Å². The molecule has 1 fully saturated rings. The molecule has 26 heavy (non-hydrogen) atoms. The van der Waals surface area contributed by atoms with Crippen LogP contribution in [0.1, 0.15) is 49.4 Å². The summed E-state index contributed by atoms with van der Waals surface area (Å²) >= 11 is 0. The van der Waals surface area contributed by atoms with Crippen molar-refractivity contribution in [2.24, 2.45) is 5.92 Å². The van der Waals surface area contributed by atoms with Crippen LogP contribution in [-0.2, 0) is 4.79 Å². The van der Waals surface area contributed by atoms with E-state index in [1.165, 1.54) is 0 Å². The summed E-state index contributed by atoms with van der Waals surface area (Å²) in [6.45, 7) is 4.21. The summed E-state index contributed by atoms with van der Waals surface area (Å²) in [5.74, 6) is 1.76. The summed E-state index contributed by atoms with van der Waals surface area (Å²) in [5, 5.41) is 3.02. The zero-order valence-corrected chi connectivity index (χ0v) is 16.0. The van der Waals surface area contributed by atoms with Gasteiger partial charge in [-0.05, 0) is 43.4 Å². The second-order valence-corrected chi connectivity index (χ2v) is 6.71. The first-order valence-corrected chi connectivity index (χ1v) is 9.37. The standard InChI is InChI=1S/C20H30N2O4/c1-4-5-6-19(23)21-14-15-9-11-22(12-10-15)20(24)16-7-8-17(25-2)18(13-16)26-3/h7-8,13,15H,4-6,9-12,14H2,1-3H3,(H,21,23). The number of carbonyl (C=O) groups excluding carboxylic acids is 2. The Morgan fingerprint density at radius 2 is 1.85 bits per heavy atom. The summed E-state index contributed by atoms with van der Waals surface area (Å²) in [7, 11) is 3.14. The van der Waals surface area contributed by atoms with Crippen molar-refractivity contribution in [3.63, 3.8) is 0 Å². The minimum atomic E-state index is 0.0105. The third kappa shape index (κ3) is 5.38. The Balaban J connectivity index is 1.83. The fourth-order valence-electron chi connectivity index (χ4n) is 3.18. The lowest BCUT2D eigenvalue weighted by Gasteiger charge is -2.32. The van der Waals surface area contributed by atoms with E-state index in [2.05, 4.69) is 12.2 Å². The van der Waals surface area contributed by atoms with Crippen LogP contribution in [0.25, 0.3) is 0 Å². The number of hydrogen-bond donors (Lipinski definition) is 1. The molecule has 1 aliphatic rings. The molecule has 0 unspecified atom stereocenters. The van der Waals surface area contributed by atoms with Crippen molar-refractivity contribution in [1.82, 2.24) is 10.2 Å². The molecule has 0 bridgehead atoms. The average molecular weight is 362 g/mol. The van der Waals surface area contributed by atoms with Gasteiger partial charge in [0.1, 0.15) is 0 Å². The van der Waals surface area contributed by atoms with Crippen LogP contribution in [0.4, 0.5) is 0 Å². The molecule has 0 radical (unpaired) electrons.